The molecule has 0 bridgehead atoms. The van der Waals surface area contributed by atoms with Crippen LogP contribution in [0.15, 0.2) is 12.7 Å². The maximum atomic E-state index is 3.92. The Balaban J connectivity index is 4.36. The van der Waals surface area contributed by atoms with Gasteiger partial charge in [0.25, 0.3) is 0 Å². The number of rotatable bonds is 13. The van der Waals surface area contributed by atoms with Crippen LogP contribution in [0.1, 0.15) is 87.0 Å². The Bertz CT molecular complexity index is 307. The van der Waals surface area contributed by atoms with E-state index in [-0.39, 0.29) is 0 Å². The molecule has 0 aliphatic heterocycles. The second-order valence-corrected chi connectivity index (χ2v) is 8.75. The van der Waals surface area contributed by atoms with Crippen LogP contribution in [0.3, 0.4) is 0 Å². The average Bonchev–Trinajstić information content (AvgIpc) is 2.49. The Labute approximate surface area is 147 Å². The van der Waals surface area contributed by atoms with Crippen molar-refractivity contribution < 1.29 is 0 Å². The third-order valence-corrected chi connectivity index (χ3v) is 6.07. The monoisotopic (exact) mass is 323 g/mol. The molecule has 0 aromatic rings. The third kappa shape index (κ3) is 8.94. The number of allylic oxidation sites excluding steroid dienone is 1. The smallest absolute Gasteiger partial charge is 0.0115 e. The molecule has 0 fully saturated rings. The molecule has 0 rings (SSSR count). The molecule has 0 spiro atoms. The van der Waals surface area contributed by atoms with Crippen molar-refractivity contribution in [2.75, 3.05) is 13.6 Å². The van der Waals surface area contributed by atoms with E-state index in [1.807, 2.05) is 0 Å². The quantitative estimate of drug-likeness (QED) is 0.337. The molecule has 0 N–H and O–H groups in total. The summed E-state index contributed by atoms with van der Waals surface area (Å²) >= 11 is 0. The molecule has 1 nitrogen and oxygen atoms in total. The van der Waals surface area contributed by atoms with Gasteiger partial charge in [0.2, 0.25) is 0 Å². The molecule has 1 heteroatoms. The third-order valence-electron chi connectivity index (χ3n) is 6.07. The molecular weight excluding hydrogens is 278 g/mol. The van der Waals surface area contributed by atoms with Gasteiger partial charge in [0, 0.05) is 6.04 Å². The van der Waals surface area contributed by atoms with Gasteiger partial charge in [0.1, 0.15) is 0 Å². The molecule has 3 unspecified atom stereocenters. The van der Waals surface area contributed by atoms with Crippen LogP contribution in [0.4, 0.5) is 0 Å². The normalized spacial score (nSPS) is 17.8. The molecule has 23 heavy (non-hydrogen) atoms. The summed E-state index contributed by atoms with van der Waals surface area (Å²) in [5.41, 5.74) is 0.415. The largest absolute Gasteiger partial charge is 0.303 e. The van der Waals surface area contributed by atoms with Crippen LogP contribution in [-0.4, -0.2) is 24.5 Å². The fraction of sp³-hybridized carbons (Fsp3) is 0.909. The molecule has 138 valence electrons. The summed E-state index contributed by atoms with van der Waals surface area (Å²) < 4.78 is 0. The minimum atomic E-state index is 0.415. The van der Waals surface area contributed by atoms with E-state index in [0.717, 1.165) is 11.8 Å². The molecule has 0 saturated heterocycles. The van der Waals surface area contributed by atoms with Gasteiger partial charge in [-0.05, 0) is 69.4 Å². The van der Waals surface area contributed by atoms with Crippen LogP contribution in [0, 0.1) is 23.2 Å². The van der Waals surface area contributed by atoms with Gasteiger partial charge in [-0.2, -0.15) is 0 Å². The number of nitrogens with zero attached hydrogens (tertiary/aromatic N) is 1. The van der Waals surface area contributed by atoms with Gasteiger partial charge in [0.15, 0.2) is 0 Å². The first-order valence-electron chi connectivity index (χ1n) is 10.0. The second-order valence-electron chi connectivity index (χ2n) is 8.75. The SMILES string of the molecule is C=CC(C)C[C@H](C)CC(CC)CCN(C)C(C)C(C)(C)CCC. The van der Waals surface area contributed by atoms with Gasteiger partial charge in [-0.3, -0.25) is 0 Å². The summed E-state index contributed by atoms with van der Waals surface area (Å²) in [6.07, 6.45) is 10.0. The lowest BCUT2D eigenvalue weighted by Gasteiger charge is -2.39. The van der Waals surface area contributed by atoms with Crippen LogP contribution in [0.5, 0.6) is 0 Å². The van der Waals surface area contributed by atoms with E-state index in [2.05, 4.69) is 73.1 Å². The molecule has 0 aliphatic rings. The lowest BCUT2D eigenvalue weighted by Crippen LogP contribution is -2.41. The standard InChI is InChI=1S/C22H45N/c1-10-14-22(7,8)20(6)23(9)15-13-21(12-3)17-19(5)16-18(4)11-2/h11,18-21H,2,10,12-17H2,1,3-9H3/t18?,19-,20?,21?/m0/s1. The first-order valence-corrected chi connectivity index (χ1v) is 10.0. The lowest BCUT2D eigenvalue weighted by atomic mass is 9.80. The molecule has 0 aliphatic carbocycles. The predicted molar refractivity (Wildman–Crippen MR) is 107 cm³/mol. The van der Waals surface area contributed by atoms with Crippen LogP contribution in [0.2, 0.25) is 0 Å². The Hall–Kier alpha value is -0.300. The molecule has 0 amide bonds. The molecule has 0 radical (unpaired) electrons. The van der Waals surface area contributed by atoms with Crippen LogP contribution in [0.25, 0.3) is 0 Å². The van der Waals surface area contributed by atoms with Gasteiger partial charge in [-0.15, -0.1) is 6.58 Å². The predicted octanol–water partition coefficient (Wildman–Crippen LogP) is 6.79. The highest BCUT2D eigenvalue weighted by atomic mass is 15.1. The topological polar surface area (TPSA) is 3.24 Å². The summed E-state index contributed by atoms with van der Waals surface area (Å²) in [7, 11) is 2.32. The zero-order valence-electron chi connectivity index (χ0n) is 17.5. The van der Waals surface area contributed by atoms with Gasteiger partial charge >= 0.3 is 0 Å². The molecule has 0 aromatic heterocycles. The Kier molecular flexibility index (Phi) is 11.1. The molecule has 4 atom stereocenters. The fourth-order valence-electron chi connectivity index (χ4n) is 3.91. The minimum absolute atomic E-state index is 0.415. The van der Waals surface area contributed by atoms with Crippen LogP contribution in [-0.2, 0) is 0 Å². The van der Waals surface area contributed by atoms with Crippen molar-refractivity contribution in [2.24, 2.45) is 23.2 Å². The van der Waals surface area contributed by atoms with Gasteiger partial charge in [0.05, 0.1) is 0 Å². The summed E-state index contributed by atoms with van der Waals surface area (Å²) in [5.74, 6) is 2.33. The minimum Gasteiger partial charge on any atom is -0.303 e. The molecule has 0 aromatic carbocycles. The molecular formula is C22H45N. The van der Waals surface area contributed by atoms with Crippen LogP contribution >= 0.6 is 0 Å². The maximum Gasteiger partial charge on any atom is 0.0115 e. The number of hydrogen-bond donors (Lipinski definition) is 0. The van der Waals surface area contributed by atoms with E-state index in [0.29, 0.717) is 17.4 Å². The van der Waals surface area contributed by atoms with E-state index < -0.39 is 0 Å². The van der Waals surface area contributed by atoms with Crippen molar-refractivity contribution in [2.45, 2.75) is 93.0 Å². The summed E-state index contributed by atoms with van der Waals surface area (Å²) in [4.78, 5) is 2.59. The first-order chi connectivity index (χ1) is 10.7. The highest BCUT2D eigenvalue weighted by Gasteiger charge is 2.28. The first kappa shape index (κ1) is 22.7. The lowest BCUT2D eigenvalue weighted by molar-refractivity contribution is 0.108. The van der Waals surface area contributed by atoms with Gasteiger partial charge < -0.3 is 4.90 Å². The zero-order valence-corrected chi connectivity index (χ0v) is 17.5. The Morgan fingerprint density at radius 2 is 1.70 bits per heavy atom. The van der Waals surface area contributed by atoms with Crippen molar-refractivity contribution in [3.8, 4) is 0 Å². The van der Waals surface area contributed by atoms with Crippen molar-refractivity contribution in [3.05, 3.63) is 12.7 Å². The van der Waals surface area contributed by atoms with E-state index in [4.69, 9.17) is 0 Å². The van der Waals surface area contributed by atoms with Crippen molar-refractivity contribution in [1.82, 2.24) is 4.90 Å². The zero-order chi connectivity index (χ0) is 18.0. The highest BCUT2D eigenvalue weighted by molar-refractivity contribution is 4.82. The van der Waals surface area contributed by atoms with E-state index in [9.17, 15) is 0 Å². The Morgan fingerprint density at radius 3 is 2.17 bits per heavy atom. The number of hydrogen-bond acceptors (Lipinski definition) is 1. The van der Waals surface area contributed by atoms with Gasteiger partial charge in [-0.25, -0.2) is 0 Å². The van der Waals surface area contributed by atoms with Crippen molar-refractivity contribution in [1.29, 1.82) is 0 Å². The second kappa shape index (κ2) is 11.3. The summed E-state index contributed by atoms with van der Waals surface area (Å²) in [6.45, 7) is 21.8. The van der Waals surface area contributed by atoms with E-state index in [1.165, 1.54) is 45.1 Å². The highest BCUT2D eigenvalue weighted by Crippen LogP contribution is 2.31. The molecule has 0 heterocycles. The summed E-state index contributed by atoms with van der Waals surface area (Å²) in [5, 5.41) is 0. The van der Waals surface area contributed by atoms with E-state index in [1.54, 1.807) is 0 Å². The van der Waals surface area contributed by atoms with Crippen molar-refractivity contribution in [3.63, 3.8) is 0 Å². The fourth-order valence-corrected chi connectivity index (χ4v) is 3.91. The summed E-state index contributed by atoms with van der Waals surface area (Å²) in [6, 6.07) is 0.651. The van der Waals surface area contributed by atoms with Crippen LogP contribution < -0.4 is 0 Å². The average molecular weight is 324 g/mol. The maximum absolute atomic E-state index is 3.92. The van der Waals surface area contributed by atoms with Gasteiger partial charge in [-0.1, -0.05) is 60.5 Å². The van der Waals surface area contributed by atoms with E-state index >= 15 is 0 Å². The van der Waals surface area contributed by atoms with Crippen molar-refractivity contribution >= 4 is 0 Å². The Morgan fingerprint density at radius 1 is 1.09 bits per heavy atom. The molecule has 0 saturated carbocycles.